The van der Waals surface area contributed by atoms with Gasteiger partial charge in [0, 0.05) is 25.3 Å². The highest BCUT2D eigenvalue weighted by atomic mass is 35.5. The van der Waals surface area contributed by atoms with Crippen LogP contribution in [-0.4, -0.2) is 62.8 Å². The second-order valence-corrected chi connectivity index (χ2v) is 7.17. The number of halogens is 1. The lowest BCUT2D eigenvalue weighted by Gasteiger charge is -2.32. The van der Waals surface area contributed by atoms with Gasteiger partial charge in [-0.3, -0.25) is 9.59 Å². The third kappa shape index (κ3) is 4.94. The summed E-state index contributed by atoms with van der Waals surface area (Å²) in [5.41, 5.74) is 5.05. The fraction of sp³-hybridized carbons (Fsp3) is 0.538. The number of aromatic amines is 1. The van der Waals surface area contributed by atoms with E-state index >= 15 is 0 Å². The highest BCUT2D eigenvalue weighted by Gasteiger charge is 2.24. The van der Waals surface area contributed by atoms with E-state index in [4.69, 9.17) is 5.73 Å². The van der Waals surface area contributed by atoms with Gasteiger partial charge in [0.1, 0.15) is 10.6 Å². The molecule has 1 fully saturated rings. The first-order chi connectivity index (χ1) is 10.8. The van der Waals surface area contributed by atoms with Crippen molar-refractivity contribution in [3.8, 4) is 0 Å². The van der Waals surface area contributed by atoms with Crippen molar-refractivity contribution in [2.24, 2.45) is 5.73 Å². The fourth-order valence-electron chi connectivity index (χ4n) is 2.46. The van der Waals surface area contributed by atoms with E-state index in [2.05, 4.69) is 15.0 Å². The number of nitrogens with two attached hydrogens (primary N) is 1. The Bertz CT molecular complexity index is 690. The zero-order valence-electron chi connectivity index (χ0n) is 13.2. The minimum atomic E-state index is -3.88. The number of rotatable bonds is 6. The van der Waals surface area contributed by atoms with Crippen LogP contribution in [0.15, 0.2) is 17.2 Å². The van der Waals surface area contributed by atoms with Crippen molar-refractivity contribution < 1.29 is 18.0 Å². The van der Waals surface area contributed by atoms with Gasteiger partial charge in [0.25, 0.3) is 5.91 Å². The van der Waals surface area contributed by atoms with E-state index in [-0.39, 0.29) is 41.5 Å². The van der Waals surface area contributed by atoms with E-state index < -0.39 is 15.9 Å². The summed E-state index contributed by atoms with van der Waals surface area (Å²) in [6, 6.07) is 1.36. The Labute approximate surface area is 146 Å². The second kappa shape index (κ2) is 8.47. The monoisotopic (exact) mass is 379 g/mol. The maximum atomic E-state index is 12.1. The minimum absolute atomic E-state index is 0. The summed E-state index contributed by atoms with van der Waals surface area (Å²) < 4.78 is 26.5. The molecule has 0 bridgehead atoms. The van der Waals surface area contributed by atoms with E-state index in [9.17, 15) is 18.0 Å². The molecule has 1 aliphatic rings. The van der Waals surface area contributed by atoms with Gasteiger partial charge in [0.15, 0.2) is 0 Å². The number of carbonyl (C=O) groups is 2. The first kappa shape index (κ1) is 20.4. The molecule has 0 aliphatic carbocycles. The van der Waals surface area contributed by atoms with Crippen molar-refractivity contribution >= 4 is 34.2 Å². The standard InChI is InChI=1S/C13H21N5O4S.ClH/c1-15-9-3-2-4-18(8-9)12(19)7-17-23(21,22)10-5-11(13(14)20)16-6-10;/h5-6,9,15-17H,2-4,7-8H2,1H3,(H2,14,20);1H. The van der Waals surface area contributed by atoms with Gasteiger partial charge >= 0.3 is 0 Å². The number of aromatic nitrogens is 1. The molecule has 1 unspecified atom stereocenters. The van der Waals surface area contributed by atoms with Crippen LogP contribution < -0.4 is 15.8 Å². The van der Waals surface area contributed by atoms with Crippen molar-refractivity contribution in [3.05, 3.63) is 18.0 Å². The number of hydrogen-bond donors (Lipinski definition) is 4. The van der Waals surface area contributed by atoms with Crippen LogP contribution in [0, 0.1) is 0 Å². The summed E-state index contributed by atoms with van der Waals surface area (Å²) in [4.78, 5) is 27.1. The van der Waals surface area contributed by atoms with Gasteiger partial charge in [-0.15, -0.1) is 12.4 Å². The molecular formula is C13H22ClN5O4S. The molecule has 24 heavy (non-hydrogen) atoms. The molecular weight excluding hydrogens is 358 g/mol. The van der Waals surface area contributed by atoms with E-state index in [1.165, 1.54) is 0 Å². The molecule has 2 rings (SSSR count). The lowest BCUT2D eigenvalue weighted by Crippen LogP contribution is -2.49. The van der Waals surface area contributed by atoms with Gasteiger partial charge in [-0.25, -0.2) is 13.1 Å². The predicted octanol–water partition coefficient (Wildman–Crippen LogP) is -0.976. The maximum absolute atomic E-state index is 12.1. The summed E-state index contributed by atoms with van der Waals surface area (Å²) in [5.74, 6) is -1.03. The molecule has 0 radical (unpaired) electrons. The first-order valence-electron chi connectivity index (χ1n) is 7.26. The molecule has 2 heterocycles. The zero-order valence-corrected chi connectivity index (χ0v) is 14.9. The highest BCUT2D eigenvalue weighted by Crippen LogP contribution is 2.12. The van der Waals surface area contributed by atoms with Crippen LogP contribution in [0.25, 0.3) is 0 Å². The van der Waals surface area contributed by atoms with Gasteiger partial charge in [-0.05, 0) is 26.0 Å². The summed E-state index contributed by atoms with van der Waals surface area (Å²) in [5, 5.41) is 3.12. The SMILES string of the molecule is CNC1CCCN(C(=O)CNS(=O)(=O)c2c[nH]c(C(N)=O)c2)C1.Cl. The number of amides is 2. The van der Waals surface area contributed by atoms with E-state index in [0.717, 1.165) is 25.1 Å². The van der Waals surface area contributed by atoms with Gasteiger partial charge in [-0.1, -0.05) is 0 Å². The molecule has 2 amide bonds. The van der Waals surface area contributed by atoms with Crippen molar-refractivity contribution in [1.82, 2.24) is 19.9 Å². The predicted molar refractivity (Wildman–Crippen MR) is 90.4 cm³/mol. The van der Waals surface area contributed by atoms with Crippen LogP contribution in [0.4, 0.5) is 0 Å². The van der Waals surface area contributed by atoms with E-state index in [0.29, 0.717) is 13.1 Å². The Balaban J connectivity index is 0.00000288. The Morgan fingerprint density at radius 1 is 1.46 bits per heavy atom. The lowest BCUT2D eigenvalue weighted by atomic mass is 10.1. The smallest absolute Gasteiger partial charge is 0.265 e. The van der Waals surface area contributed by atoms with Crippen LogP contribution in [0.5, 0.6) is 0 Å². The maximum Gasteiger partial charge on any atom is 0.265 e. The van der Waals surface area contributed by atoms with Gasteiger partial charge in [0.05, 0.1) is 6.54 Å². The normalized spacial score (nSPS) is 18.0. The van der Waals surface area contributed by atoms with Crippen molar-refractivity contribution in [2.75, 3.05) is 26.7 Å². The number of primary amides is 1. The highest BCUT2D eigenvalue weighted by molar-refractivity contribution is 7.89. The molecule has 1 atom stereocenters. The number of piperidine rings is 1. The average molecular weight is 380 g/mol. The number of likely N-dealkylation sites (tertiary alicyclic amines) is 1. The number of hydrogen-bond acceptors (Lipinski definition) is 5. The van der Waals surface area contributed by atoms with Gasteiger partial charge in [-0.2, -0.15) is 0 Å². The number of sulfonamides is 1. The number of nitrogens with zero attached hydrogens (tertiary/aromatic N) is 1. The van der Waals surface area contributed by atoms with Crippen LogP contribution >= 0.6 is 12.4 Å². The number of carbonyl (C=O) groups excluding carboxylic acids is 2. The Morgan fingerprint density at radius 3 is 2.75 bits per heavy atom. The molecule has 1 aromatic heterocycles. The van der Waals surface area contributed by atoms with Crippen molar-refractivity contribution in [1.29, 1.82) is 0 Å². The topological polar surface area (TPSA) is 137 Å². The largest absolute Gasteiger partial charge is 0.364 e. The fourth-order valence-corrected chi connectivity index (χ4v) is 3.43. The summed E-state index contributed by atoms with van der Waals surface area (Å²) in [6.45, 7) is 0.859. The average Bonchev–Trinajstić information content (AvgIpc) is 3.04. The van der Waals surface area contributed by atoms with Crippen LogP contribution in [0.1, 0.15) is 23.3 Å². The number of nitrogens with one attached hydrogen (secondary N) is 3. The molecule has 0 saturated carbocycles. The van der Waals surface area contributed by atoms with Crippen LogP contribution in [-0.2, 0) is 14.8 Å². The first-order valence-corrected chi connectivity index (χ1v) is 8.74. The van der Waals surface area contributed by atoms with Gasteiger partial charge < -0.3 is 20.9 Å². The Hall–Kier alpha value is -1.62. The molecule has 9 nitrogen and oxygen atoms in total. The van der Waals surface area contributed by atoms with Crippen LogP contribution in [0.2, 0.25) is 0 Å². The van der Waals surface area contributed by atoms with Gasteiger partial charge in [0.2, 0.25) is 15.9 Å². The van der Waals surface area contributed by atoms with Crippen molar-refractivity contribution in [2.45, 2.75) is 23.8 Å². The molecule has 0 spiro atoms. The van der Waals surface area contributed by atoms with E-state index in [1.807, 2.05) is 7.05 Å². The third-order valence-corrected chi connectivity index (χ3v) is 5.21. The third-order valence-electron chi connectivity index (χ3n) is 3.83. The molecule has 1 aliphatic heterocycles. The van der Waals surface area contributed by atoms with E-state index in [1.54, 1.807) is 4.90 Å². The number of likely N-dealkylation sites (N-methyl/N-ethyl adjacent to an activating group) is 1. The molecule has 5 N–H and O–H groups in total. The molecule has 1 saturated heterocycles. The minimum Gasteiger partial charge on any atom is -0.364 e. The quantitative estimate of drug-likeness (QED) is 0.503. The molecule has 136 valence electrons. The lowest BCUT2D eigenvalue weighted by molar-refractivity contribution is -0.131. The number of H-pyrrole nitrogens is 1. The Morgan fingerprint density at radius 2 is 2.17 bits per heavy atom. The molecule has 0 aromatic carbocycles. The Kier molecular flexibility index (Phi) is 7.21. The summed E-state index contributed by atoms with van der Waals surface area (Å²) in [7, 11) is -2.04. The summed E-state index contributed by atoms with van der Waals surface area (Å²) >= 11 is 0. The molecule has 1 aromatic rings. The zero-order chi connectivity index (χ0) is 17.0. The van der Waals surface area contributed by atoms with Crippen LogP contribution in [0.3, 0.4) is 0 Å². The second-order valence-electron chi connectivity index (χ2n) is 5.41. The summed E-state index contributed by atoms with van der Waals surface area (Å²) in [6.07, 6.45) is 3.03. The van der Waals surface area contributed by atoms with Crippen molar-refractivity contribution in [3.63, 3.8) is 0 Å². The molecule has 11 heteroatoms.